The quantitative estimate of drug-likeness (QED) is 0.797. The summed E-state index contributed by atoms with van der Waals surface area (Å²) < 4.78 is 3.62. The third-order valence-electron chi connectivity index (χ3n) is 4.65. The van der Waals surface area contributed by atoms with Crippen molar-refractivity contribution >= 4 is 17.2 Å². The van der Waals surface area contributed by atoms with Gasteiger partial charge in [0.25, 0.3) is 5.91 Å². The van der Waals surface area contributed by atoms with Gasteiger partial charge >= 0.3 is 0 Å². The highest BCUT2D eigenvalue weighted by atomic mass is 16.1. The predicted octanol–water partition coefficient (Wildman–Crippen LogP) is 1.86. The first-order chi connectivity index (χ1) is 11.7. The van der Waals surface area contributed by atoms with Crippen LogP contribution in [0.2, 0.25) is 0 Å². The maximum absolute atomic E-state index is 12.5. The molecule has 0 bridgehead atoms. The van der Waals surface area contributed by atoms with Crippen molar-refractivity contribution in [3.05, 3.63) is 54.0 Å². The summed E-state index contributed by atoms with van der Waals surface area (Å²) in [5.41, 5.74) is 4.13. The molecule has 0 saturated heterocycles. The number of aromatic nitrogens is 3. The van der Waals surface area contributed by atoms with Gasteiger partial charge in [-0.3, -0.25) is 4.79 Å². The van der Waals surface area contributed by atoms with Crippen molar-refractivity contribution in [3.8, 4) is 0 Å². The highest BCUT2D eigenvalue weighted by molar-refractivity contribution is 5.99. The van der Waals surface area contributed by atoms with E-state index < -0.39 is 0 Å². The largest absolute Gasteiger partial charge is 0.370 e. The first kappa shape index (κ1) is 14.8. The molecule has 0 aliphatic carbocycles. The van der Waals surface area contributed by atoms with Crippen LogP contribution in [-0.4, -0.2) is 39.7 Å². The molecule has 0 atom stereocenters. The Bertz CT molecular complexity index is 879. The summed E-state index contributed by atoms with van der Waals surface area (Å²) in [4.78, 5) is 14.8. The molecule has 1 amide bonds. The number of amides is 1. The Morgan fingerprint density at radius 1 is 1.29 bits per heavy atom. The normalized spacial score (nSPS) is 14.0. The number of hydrogen-bond acceptors (Lipinski definition) is 3. The van der Waals surface area contributed by atoms with Gasteiger partial charge in [-0.2, -0.15) is 5.10 Å². The molecular weight excluding hydrogens is 302 g/mol. The zero-order chi connectivity index (χ0) is 16.5. The summed E-state index contributed by atoms with van der Waals surface area (Å²) in [6.45, 7) is 2.48. The van der Waals surface area contributed by atoms with Crippen LogP contribution in [0.3, 0.4) is 0 Å². The molecule has 0 saturated carbocycles. The maximum atomic E-state index is 12.5. The average Bonchev–Trinajstić information content (AvgIpc) is 3.18. The van der Waals surface area contributed by atoms with Crippen LogP contribution in [0, 0.1) is 0 Å². The summed E-state index contributed by atoms with van der Waals surface area (Å²) in [6, 6.07) is 8.53. The fraction of sp³-hybridized carbons (Fsp3) is 0.333. The van der Waals surface area contributed by atoms with E-state index in [0.717, 1.165) is 25.2 Å². The highest BCUT2D eigenvalue weighted by Gasteiger charge is 2.17. The van der Waals surface area contributed by atoms with E-state index in [4.69, 9.17) is 0 Å². The maximum Gasteiger partial charge on any atom is 0.256 e. The Kier molecular flexibility index (Phi) is 3.72. The van der Waals surface area contributed by atoms with Crippen LogP contribution in [-0.2, 0) is 13.5 Å². The van der Waals surface area contributed by atoms with E-state index in [-0.39, 0.29) is 5.91 Å². The van der Waals surface area contributed by atoms with Crippen molar-refractivity contribution < 1.29 is 4.79 Å². The smallest absolute Gasteiger partial charge is 0.256 e. The van der Waals surface area contributed by atoms with Gasteiger partial charge in [-0.1, -0.05) is 18.2 Å². The molecule has 1 aliphatic rings. The number of aryl methyl sites for hydroxylation is 2. The highest BCUT2D eigenvalue weighted by Crippen LogP contribution is 2.26. The average molecular weight is 323 g/mol. The van der Waals surface area contributed by atoms with Gasteiger partial charge in [0, 0.05) is 44.8 Å². The predicted molar refractivity (Wildman–Crippen MR) is 93.5 cm³/mol. The Balaban J connectivity index is 1.41. The standard InChI is InChI=1S/C18H21N5O/c1-21-11-12-23-18(21)15(13-20-23)17(24)19-8-10-22-9-4-6-14-5-2-3-7-16(14)22/h2-3,5,7,11-13H,4,6,8-10H2,1H3,(H,19,24). The minimum Gasteiger partial charge on any atom is -0.370 e. The molecule has 1 N–H and O–H groups in total. The van der Waals surface area contributed by atoms with E-state index in [9.17, 15) is 4.79 Å². The number of nitrogens with zero attached hydrogens (tertiary/aromatic N) is 4. The van der Waals surface area contributed by atoms with Gasteiger partial charge in [0.05, 0.1) is 6.20 Å². The number of fused-ring (bicyclic) bond motifs is 2. The lowest BCUT2D eigenvalue weighted by Gasteiger charge is -2.31. The van der Waals surface area contributed by atoms with Crippen LogP contribution >= 0.6 is 0 Å². The molecule has 2 aromatic heterocycles. The molecule has 0 radical (unpaired) electrons. The van der Waals surface area contributed by atoms with Crippen LogP contribution in [0.15, 0.2) is 42.9 Å². The van der Waals surface area contributed by atoms with Gasteiger partial charge in [0.2, 0.25) is 0 Å². The van der Waals surface area contributed by atoms with Crippen LogP contribution in [0.5, 0.6) is 0 Å². The summed E-state index contributed by atoms with van der Waals surface area (Å²) in [6.07, 6.45) is 7.67. The summed E-state index contributed by atoms with van der Waals surface area (Å²) in [5.74, 6) is -0.0721. The van der Waals surface area contributed by atoms with E-state index in [1.165, 1.54) is 17.7 Å². The third-order valence-corrected chi connectivity index (χ3v) is 4.65. The summed E-state index contributed by atoms with van der Waals surface area (Å²) in [7, 11) is 1.92. The molecule has 4 rings (SSSR count). The van der Waals surface area contributed by atoms with E-state index >= 15 is 0 Å². The van der Waals surface area contributed by atoms with Gasteiger partial charge < -0.3 is 14.8 Å². The lowest BCUT2D eigenvalue weighted by molar-refractivity contribution is 0.0956. The Labute approximate surface area is 140 Å². The Hall–Kier alpha value is -2.76. The molecule has 24 heavy (non-hydrogen) atoms. The SMILES string of the molecule is Cn1ccn2ncc(C(=O)NCCN3CCCc4ccccc43)c12. The molecule has 3 heterocycles. The van der Waals surface area contributed by atoms with Gasteiger partial charge in [0.1, 0.15) is 11.2 Å². The number of carbonyl (C=O) groups excluding carboxylic acids is 1. The third kappa shape index (κ3) is 2.54. The van der Waals surface area contributed by atoms with Gasteiger partial charge in [-0.05, 0) is 24.5 Å². The van der Waals surface area contributed by atoms with Crippen molar-refractivity contribution in [3.63, 3.8) is 0 Å². The lowest BCUT2D eigenvalue weighted by atomic mass is 10.0. The second kappa shape index (κ2) is 6.03. The van der Waals surface area contributed by atoms with Crippen molar-refractivity contribution in [2.75, 3.05) is 24.5 Å². The summed E-state index contributed by atoms with van der Waals surface area (Å²) in [5, 5.41) is 7.24. The van der Waals surface area contributed by atoms with Crippen molar-refractivity contribution in [2.24, 2.45) is 7.05 Å². The number of rotatable bonds is 4. The number of nitrogens with one attached hydrogen (secondary N) is 1. The first-order valence-corrected chi connectivity index (χ1v) is 8.34. The van der Waals surface area contributed by atoms with Gasteiger partial charge in [0.15, 0.2) is 0 Å². The van der Waals surface area contributed by atoms with E-state index in [1.807, 2.05) is 24.0 Å². The molecule has 124 valence electrons. The van der Waals surface area contributed by atoms with Crippen molar-refractivity contribution in [1.29, 1.82) is 0 Å². The molecular formula is C18H21N5O. The zero-order valence-corrected chi connectivity index (χ0v) is 13.8. The molecule has 0 unspecified atom stereocenters. The number of hydrogen-bond donors (Lipinski definition) is 1. The number of imidazole rings is 1. The number of para-hydroxylation sites is 1. The number of benzene rings is 1. The molecule has 0 spiro atoms. The van der Waals surface area contributed by atoms with E-state index in [1.54, 1.807) is 10.7 Å². The van der Waals surface area contributed by atoms with Crippen LogP contribution in [0.25, 0.3) is 5.65 Å². The fourth-order valence-corrected chi connectivity index (χ4v) is 3.45. The fourth-order valence-electron chi connectivity index (χ4n) is 3.45. The van der Waals surface area contributed by atoms with Crippen LogP contribution < -0.4 is 10.2 Å². The lowest BCUT2D eigenvalue weighted by Crippen LogP contribution is -2.37. The topological polar surface area (TPSA) is 54.6 Å². The van der Waals surface area contributed by atoms with Gasteiger partial charge in [-0.15, -0.1) is 0 Å². The Morgan fingerprint density at radius 2 is 2.17 bits per heavy atom. The molecule has 1 aromatic carbocycles. The molecule has 1 aliphatic heterocycles. The first-order valence-electron chi connectivity index (χ1n) is 8.34. The van der Waals surface area contributed by atoms with Gasteiger partial charge in [-0.25, -0.2) is 4.52 Å². The summed E-state index contributed by atoms with van der Waals surface area (Å²) >= 11 is 0. The molecule has 0 fully saturated rings. The number of carbonyl (C=O) groups is 1. The molecule has 3 aromatic rings. The number of anilines is 1. The minimum atomic E-state index is -0.0721. The van der Waals surface area contributed by atoms with Crippen molar-refractivity contribution in [2.45, 2.75) is 12.8 Å². The molecule has 6 nitrogen and oxygen atoms in total. The second-order valence-corrected chi connectivity index (χ2v) is 6.21. The van der Waals surface area contributed by atoms with Crippen LogP contribution in [0.4, 0.5) is 5.69 Å². The van der Waals surface area contributed by atoms with E-state index in [0.29, 0.717) is 12.1 Å². The molecule has 6 heteroatoms. The monoisotopic (exact) mass is 323 g/mol. The van der Waals surface area contributed by atoms with E-state index in [2.05, 4.69) is 39.6 Å². The Morgan fingerprint density at radius 3 is 3.08 bits per heavy atom. The van der Waals surface area contributed by atoms with Crippen molar-refractivity contribution in [1.82, 2.24) is 19.5 Å². The minimum absolute atomic E-state index is 0.0721. The second-order valence-electron chi connectivity index (χ2n) is 6.21. The zero-order valence-electron chi connectivity index (χ0n) is 13.8. The van der Waals surface area contributed by atoms with Crippen LogP contribution in [0.1, 0.15) is 22.3 Å².